The van der Waals surface area contributed by atoms with E-state index in [1.165, 1.54) is 62.6 Å². The maximum absolute atomic E-state index is 13.7. The van der Waals surface area contributed by atoms with E-state index in [9.17, 15) is 38.4 Å². The van der Waals surface area contributed by atoms with Gasteiger partial charge >= 0.3 is 11.9 Å². The van der Waals surface area contributed by atoms with Crippen molar-refractivity contribution in [1.29, 1.82) is 0 Å². The van der Waals surface area contributed by atoms with Gasteiger partial charge in [0.15, 0.2) is 17.2 Å². The van der Waals surface area contributed by atoms with Crippen LogP contribution in [0.15, 0.2) is 198 Å². The van der Waals surface area contributed by atoms with Gasteiger partial charge in [0, 0.05) is 70.1 Å². The highest BCUT2D eigenvalue weighted by atomic mass is 32.2. The molecule has 0 aliphatic heterocycles. The number of para-hydroxylation sites is 2. The SMILES string of the molecule is C.C.C.C.CCC(SCCC(=O)Nc1ccc(C(=O)C(=NCc2cc(C(=O)OC)ccc2C(=O)OC)C(=O)Nc2ccccc2)cc1)c1ccccc1.CCC(SCCC(=O)Nc1ccc(CN=C(C(C)=O)C(=O)Nc2ccccc2)cc1)c1ccccc1. The largest absolute Gasteiger partial charge is 0.465 e. The quantitative estimate of drug-likeness (QED) is 0.0163. The van der Waals surface area contributed by atoms with Crippen molar-refractivity contribution in [2.24, 2.45) is 9.98 Å². The van der Waals surface area contributed by atoms with Crippen molar-refractivity contribution < 1.29 is 47.8 Å². The van der Waals surface area contributed by atoms with Gasteiger partial charge in [-0.1, -0.05) is 153 Å². The van der Waals surface area contributed by atoms with Gasteiger partial charge in [-0.15, -0.1) is 0 Å². The van der Waals surface area contributed by atoms with Crippen LogP contribution in [0, 0.1) is 0 Å². The number of thioether (sulfide) groups is 2. The smallest absolute Gasteiger partial charge is 0.338 e. The zero-order valence-corrected chi connectivity index (χ0v) is 49.6. The first-order valence-electron chi connectivity index (χ1n) is 27.5. The van der Waals surface area contributed by atoms with Gasteiger partial charge in [-0.2, -0.15) is 23.5 Å². The number of nitrogens with one attached hydrogen (secondary N) is 4. The Kier molecular flexibility index (Phi) is 34.3. The Morgan fingerprint density at radius 3 is 1.27 bits per heavy atom. The number of ketones is 2. The molecule has 0 radical (unpaired) electrons. The highest BCUT2D eigenvalue weighted by Gasteiger charge is 2.24. The molecule has 0 aliphatic rings. The van der Waals surface area contributed by atoms with E-state index in [0.717, 1.165) is 24.2 Å². The Hall–Kier alpha value is -9.26. The number of hydrogen-bond donors (Lipinski definition) is 4. The number of esters is 2. The van der Waals surface area contributed by atoms with Crippen molar-refractivity contribution in [3.05, 3.63) is 227 Å². The second-order valence-corrected chi connectivity index (χ2v) is 21.6. The molecule has 0 saturated heterocycles. The molecule has 0 saturated carbocycles. The molecule has 2 unspecified atom stereocenters. The third-order valence-corrected chi connectivity index (χ3v) is 15.7. The molecular formula is C71H84N6O10S2. The van der Waals surface area contributed by atoms with Crippen LogP contribution in [-0.4, -0.2) is 84.3 Å². The van der Waals surface area contributed by atoms with Crippen molar-refractivity contribution >= 4 is 105 Å². The number of carbonyl (C=O) groups is 8. The van der Waals surface area contributed by atoms with Crippen LogP contribution in [0.2, 0.25) is 0 Å². The molecule has 0 aromatic heterocycles. The number of benzene rings is 7. The molecule has 0 spiro atoms. The van der Waals surface area contributed by atoms with E-state index in [1.807, 2.05) is 54.6 Å². The van der Waals surface area contributed by atoms with Gasteiger partial charge in [-0.3, -0.25) is 38.8 Å². The van der Waals surface area contributed by atoms with Gasteiger partial charge in [-0.05, 0) is 114 Å². The Balaban J connectivity index is 0.000000605. The normalized spacial score (nSPS) is 11.2. The van der Waals surface area contributed by atoms with E-state index in [0.29, 0.717) is 51.8 Å². The molecule has 7 aromatic carbocycles. The van der Waals surface area contributed by atoms with Crippen molar-refractivity contribution in [3.63, 3.8) is 0 Å². The summed E-state index contributed by atoms with van der Waals surface area (Å²) < 4.78 is 9.66. The van der Waals surface area contributed by atoms with Gasteiger partial charge in [-0.25, -0.2) is 9.59 Å². The summed E-state index contributed by atoms with van der Waals surface area (Å²) in [6.07, 6.45) is 2.71. The van der Waals surface area contributed by atoms with Crippen molar-refractivity contribution in [2.75, 3.05) is 47.0 Å². The number of anilines is 4. The number of methoxy groups -OCH3 is 2. The molecule has 0 heterocycles. The summed E-state index contributed by atoms with van der Waals surface area (Å²) in [6.45, 7) is 5.49. The lowest BCUT2D eigenvalue weighted by molar-refractivity contribution is -0.116. The van der Waals surface area contributed by atoms with Gasteiger partial charge < -0.3 is 30.7 Å². The van der Waals surface area contributed by atoms with Gasteiger partial charge in [0.1, 0.15) is 0 Å². The Labute approximate surface area is 533 Å². The molecule has 4 N–H and O–H groups in total. The highest BCUT2D eigenvalue weighted by Crippen LogP contribution is 2.33. The van der Waals surface area contributed by atoms with Gasteiger partial charge in [0.25, 0.3) is 11.8 Å². The predicted molar refractivity (Wildman–Crippen MR) is 367 cm³/mol. The number of Topliss-reactive ketones (excluding diaryl/α,β-unsaturated/α-hetero) is 2. The van der Waals surface area contributed by atoms with Crippen LogP contribution >= 0.6 is 23.5 Å². The number of aliphatic imine (C=N–C) groups is 2. The fourth-order valence-corrected chi connectivity index (χ4v) is 10.8. The molecule has 0 bridgehead atoms. The minimum atomic E-state index is -0.768. The van der Waals surface area contributed by atoms with Crippen LogP contribution < -0.4 is 21.3 Å². The number of rotatable bonds is 27. The van der Waals surface area contributed by atoms with Crippen LogP contribution in [0.5, 0.6) is 0 Å². The lowest BCUT2D eigenvalue weighted by Gasteiger charge is -2.15. The second kappa shape index (κ2) is 40.2. The number of nitrogens with zero attached hydrogens (tertiary/aromatic N) is 2. The Morgan fingerprint density at radius 2 is 0.843 bits per heavy atom. The molecule has 0 fully saturated rings. The maximum atomic E-state index is 13.7. The summed E-state index contributed by atoms with van der Waals surface area (Å²) >= 11 is 3.53. The Morgan fingerprint density at radius 1 is 0.449 bits per heavy atom. The minimum absolute atomic E-state index is 0. The van der Waals surface area contributed by atoms with E-state index in [-0.39, 0.29) is 82.6 Å². The standard InChI is InChI=1S/C38H37N3O7S.C29H31N3O3S.4CH4/c1-4-32(25-11-7-5-8-12-25)49-22-21-33(42)40-30-18-15-26(16-19-30)35(43)34(36(44)41-29-13-9-6-10-14-29)39-24-28-23-27(37(45)47-2)17-20-31(28)38(46)48-3;1-3-26(23-10-6-4-7-11-23)36-19-18-27(34)31-25-16-14-22(15-17-25)20-30-28(21(2)33)29(35)32-24-12-8-5-9-13-24;;;;/h5-20,23,32H,4,21-22,24H2,1-3H3,(H,40,42)(H,41,44);4-17,26H,3,18-20H2,1-2H3,(H,31,34)(H,32,35);4*1H4. The number of amides is 4. The van der Waals surface area contributed by atoms with Crippen LogP contribution in [0.25, 0.3) is 0 Å². The van der Waals surface area contributed by atoms with E-state index in [2.05, 4.69) is 69.4 Å². The molecule has 7 rings (SSSR count). The zero-order valence-electron chi connectivity index (χ0n) is 48.0. The monoisotopic (exact) mass is 1240 g/mol. The van der Waals surface area contributed by atoms with E-state index < -0.39 is 41.0 Å². The third kappa shape index (κ3) is 24.4. The van der Waals surface area contributed by atoms with E-state index in [1.54, 1.807) is 102 Å². The first-order valence-corrected chi connectivity index (χ1v) is 29.6. The number of hydrogen-bond acceptors (Lipinski definition) is 14. The minimum Gasteiger partial charge on any atom is -0.465 e. The van der Waals surface area contributed by atoms with Crippen LogP contribution in [0.4, 0.5) is 22.7 Å². The van der Waals surface area contributed by atoms with Crippen molar-refractivity contribution in [1.82, 2.24) is 0 Å². The van der Waals surface area contributed by atoms with Crippen LogP contribution in [-0.2, 0) is 46.5 Å². The lowest BCUT2D eigenvalue weighted by atomic mass is 10.0. The summed E-state index contributed by atoms with van der Waals surface area (Å²) in [7, 11) is 2.44. The fourth-order valence-electron chi connectivity index (χ4n) is 8.43. The number of ether oxygens (including phenoxy) is 2. The fraction of sp³-hybridized carbons (Fsp3) is 0.268. The summed E-state index contributed by atoms with van der Waals surface area (Å²) in [4.78, 5) is 110. The van der Waals surface area contributed by atoms with Crippen LogP contribution in [0.3, 0.4) is 0 Å². The first-order chi connectivity index (χ1) is 41.2. The van der Waals surface area contributed by atoms with E-state index >= 15 is 0 Å². The zero-order chi connectivity index (χ0) is 60.9. The molecule has 18 heteroatoms. The maximum Gasteiger partial charge on any atom is 0.338 e. The third-order valence-electron chi connectivity index (χ3n) is 12.9. The predicted octanol–water partition coefficient (Wildman–Crippen LogP) is 15.5. The molecule has 2 atom stereocenters. The molecular weight excluding hydrogens is 1160 g/mol. The van der Waals surface area contributed by atoms with Crippen molar-refractivity contribution in [2.45, 2.75) is 99.8 Å². The Bertz CT molecular complexity index is 3440. The van der Waals surface area contributed by atoms with Gasteiger partial charge in [0.2, 0.25) is 17.6 Å². The summed E-state index contributed by atoms with van der Waals surface area (Å²) in [5.74, 6) is -2.51. The van der Waals surface area contributed by atoms with Crippen LogP contribution in [0.1, 0.15) is 140 Å². The average molecular weight is 1250 g/mol. The second-order valence-electron chi connectivity index (χ2n) is 18.9. The summed E-state index contributed by atoms with van der Waals surface area (Å²) in [5, 5.41) is 11.8. The molecule has 16 nitrogen and oxygen atoms in total. The highest BCUT2D eigenvalue weighted by molar-refractivity contribution is 7.99. The number of carbonyl (C=O) groups excluding carboxylic acids is 8. The van der Waals surface area contributed by atoms with Gasteiger partial charge in [0.05, 0.1) is 38.4 Å². The topological polar surface area (TPSA) is 228 Å². The molecule has 7 aromatic rings. The van der Waals surface area contributed by atoms with E-state index in [4.69, 9.17) is 9.47 Å². The van der Waals surface area contributed by atoms with Crippen molar-refractivity contribution in [3.8, 4) is 0 Å². The average Bonchev–Trinajstić information content (AvgIpc) is 2.08. The molecule has 0 aliphatic carbocycles. The molecule has 89 heavy (non-hydrogen) atoms. The summed E-state index contributed by atoms with van der Waals surface area (Å²) in [5.41, 5.74) is 5.68. The lowest BCUT2D eigenvalue weighted by Crippen LogP contribution is -2.30. The molecule has 470 valence electrons. The molecule has 4 amide bonds. The summed E-state index contributed by atoms with van der Waals surface area (Å²) in [6, 6.07) is 55.6. The first kappa shape index (κ1) is 75.8.